The molecule has 0 aliphatic carbocycles. The molecular weight excluding hydrogens is 298 g/mol. The number of carbonyl (C=O) groups is 1. The number of nitrogens with zero attached hydrogens (tertiary/aromatic N) is 2. The molecule has 2 rings (SSSR count). The van der Waals surface area contributed by atoms with Gasteiger partial charge in [0, 0.05) is 33.3 Å². The number of carbonyl (C=O) groups excluding carboxylic acids is 1. The Morgan fingerprint density at radius 3 is 2.57 bits per heavy atom. The van der Waals surface area contributed by atoms with E-state index in [-0.39, 0.29) is 12.8 Å². The molecule has 0 bridgehead atoms. The summed E-state index contributed by atoms with van der Waals surface area (Å²) in [5, 5.41) is 2.75. The highest BCUT2D eigenvalue weighted by molar-refractivity contribution is 5.74. The number of para-hydroxylation sites is 2. The summed E-state index contributed by atoms with van der Waals surface area (Å²) in [5.41, 5.74) is 1.07. The molecule has 0 aromatic heterocycles. The first-order valence-electron chi connectivity index (χ1n) is 7.73. The van der Waals surface area contributed by atoms with Crippen LogP contribution in [0.25, 0.3) is 0 Å². The number of anilines is 1. The highest BCUT2D eigenvalue weighted by Gasteiger charge is 2.22. The van der Waals surface area contributed by atoms with Crippen molar-refractivity contribution < 1.29 is 19.0 Å². The Labute approximate surface area is 137 Å². The van der Waals surface area contributed by atoms with Gasteiger partial charge in [0.05, 0.1) is 26.0 Å². The second-order valence-corrected chi connectivity index (χ2v) is 5.17. The first-order chi connectivity index (χ1) is 11.3. The monoisotopic (exact) mass is 323 g/mol. The number of hydrogen-bond donors (Lipinski definition) is 1. The van der Waals surface area contributed by atoms with E-state index < -0.39 is 0 Å². The number of benzene rings is 1. The van der Waals surface area contributed by atoms with Crippen LogP contribution >= 0.6 is 0 Å². The van der Waals surface area contributed by atoms with Crippen LogP contribution in [-0.2, 0) is 9.47 Å². The van der Waals surface area contributed by atoms with Crippen LogP contribution in [0.5, 0.6) is 5.75 Å². The Morgan fingerprint density at radius 1 is 1.13 bits per heavy atom. The molecule has 0 spiro atoms. The van der Waals surface area contributed by atoms with Crippen molar-refractivity contribution in [1.82, 2.24) is 10.2 Å². The van der Waals surface area contributed by atoms with Crippen molar-refractivity contribution in [1.29, 1.82) is 0 Å². The van der Waals surface area contributed by atoms with Crippen LogP contribution in [0.15, 0.2) is 24.3 Å². The van der Waals surface area contributed by atoms with Crippen molar-refractivity contribution in [2.24, 2.45) is 0 Å². The Balaban J connectivity index is 1.76. The summed E-state index contributed by atoms with van der Waals surface area (Å²) >= 11 is 0. The van der Waals surface area contributed by atoms with Gasteiger partial charge in [-0.25, -0.2) is 4.79 Å². The zero-order chi connectivity index (χ0) is 16.5. The fraction of sp³-hybridized carbons (Fsp3) is 0.562. The van der Waals surface area contributed by atoms with Gasteiger partial charge in [0.1, 0.15) is 12.5 Å². The molecule has 1 aromatic rings. The molecule has 1 aliphatic rings. The highest BCUT2D eigenvalue weighted by atomic mass is 16.5. The van der Waals surface area contributed by atoms with E-state index in [1.807, 2.05) is 24.3 Å². The zero-order valence-corrected chi connectivity index (χ0v) is 13.8. The van der Waals surface area contributed by atoms with Crippen LogP contribution in [0.3, 0.4) is 0 Å². The van der Waals surface area contributed by atoms with E-state index in [9.17, 15) is 4.79 Å². The largest absolute Gasteiger partial charge is 0.495 e. The molecule has 0 radical (unpaired) electrons. The van der Waals surface area contributed by atoms with Gasteiger partial charge in [-0.05, 0) is 12.1 Å². The van der Waals surface area contributed by atoms with Crippen LogP contribution in [0.4, 0.5) is 10.5 Å². The number of methoxy groups -OCH3 is 2. The average Bonchev–Trinajstić information content (AvgIpc) is 2.61. The quantitative estimate of drug-likeness (QED) is 0.602. The Morgan fingerprint density at radius 2 is 1.87 bits per heavy atom. The van der Waals surface area contributed by atoms with Gasteiger partial charge in [-0.1, -0.05) is 12.1 Å². The van der Waals surface area contributed by atoms with Crippen LogP contribution in [0.1, 0.15) is 0 Å². The summed E-state index contributed by atoms with van der Waals surface area (Å²) in [7, 11) is 3.29. The van der Waals surface area contributed by atoms with E-state index in [2.05, 4.69) is 10.2 Å². The lowest BCUT2D eigenvalue weighted by molar-refractivity contribution is 0.0615. The number of urea groups is 1. The molecule has 2 amide bonds. The summed E-state index contributed by atoms with van der Waals surface area (Å²) in [4.78, 5) is 16.1. The maximum absolute atomic E-state index is 12.1. The summed E-state index contributed by atoms with van der Waals surface area (Å²) in [6.45, 7) is 4.08. The maximum Gasteiger partial charge on any atom is 0.319 e. The van der Waals surface area contributed by atoms with Crippen LogP contribution in [0, 0.1) is 0 Å². The molecule has 7 nitrogen and oxygen atoms in total. The topological polar surface area (TPSA) is 63.3 Å². The lowest BCUT2D eigenvalue weighted by Gasteiger charge is -2.36. The molecule has 1 fully saturated rings. The molecule has 1 N–H and O–H groups in total. The Kier molecular flexibility index (Phi) is 6.96. The summed E-state index contributed by atoms with van der Waals surface area (Å²) in [6, 6.07) is 7.84. The Hall–Kier alpha value is -1.99. The van der Waals surface area contributed by atoms with Crippen LogP contribution in [0.2, 0.25) is 0 Å². The normalized spacial score (nSPS) is 14.7. The van der Waals surface area contributed by atoms with Crippen molar-refractivity contribution in [2.45, 2.75) is 0 Å². The second-order valence-electron chi connectivity index (χ2n) is 5.17. The summed E-state index contributed by atoms with van der Waals surface area (Å²) in [6.07, 6.45) is 0. The van der Waals surface area contributed by atoms with Crippen molar-refractivity contribution in [3.8, 4) is 5.75 Å². The third-order valence-electron chi connectivity index (χ3n) is 3.75. The predicted molar refractivity (Wildman–Crippen MR) is 88.0 cm³/mol. The molecule has 128 valence electrons. The lowest BCUT2D eigenvalue weighted by Crippen LogP contribution is -2.52. The van der Waals surface area contributed by atoms with E-state index in [0.29, 0.717) is 26.3 Å². The predicted octanol–water partition coefficient (Wildman–Crippen LogP) is 1.15. The van der Waals surface area contributed by atoms with Gasteiger partial charge >= 0.3 is 6.03 Å². The molecule has 7 heteroatoms. The Bertz CT molecular complexity index is 490. The standard InChI is InChI=1S/C16H25N3O4/c1-21-11-12-23-13-17-16(20)19-9-7-18(8-10-19)14-5-3-4-6-15(14)22-2/h3-6H,7-13H2,1-2H3,(H,17,20). The fourth-order valence-electron chi connectivity index (χ4n) is 2.48. The number of nitrogens with one attached hydrogen (secondary N) is 1. The van der Waals surface area contributed by atoms with Crippen LogP contribution < -0.4 is 15.0 Å². The van der Waals surface area contributed by atoms with Gasteiger partial charge in [0.2, 0.25) is 0 Å². The van der Waals surface area contributed by atoms with Gasteiger partial charge in [0.25, 0.3) is 0 Å². The van der Waals surface area contributed by atoms with Crippen molar-refractivity contribution in [2.75, 3.05) is 65.2 Å². The van der Waals surface area contributed by atoms with E-state index in [1.165, 1.54) is 0 Å². The number of rotatable bonds is 7. The zero-order valence-electron chi connectivity index (χ0n) is 13.8. The van der Waals surface area contributed by atoms with Crippen molar-refractivity contribution >= 4 is 11.7 Å². The smallest absolute Gasteiger partial charge is 0.319 e. The number of piperazine rings is 1. The van der Waals surface area contributed by atoms with Crippen molar-refractivity contribution in [3.05, 3.63) is 24.3 Å². The molecule has 0 saturated carbocycles. The third-order valence-corrected chi connectivity index (χ3v) is 3.75. The first-order valence-corrected chi connectivity index (χ1v) is 7.73. The lowest BCUT2D eigenvalue weighted by atomic mass is 10.2. The molecule has 1 saturated heterocycles. The number of hydrogen-bond acceptors (Lipinski definition) is 5. The van der Waals surface area contributed by atoms with E-state index in [0.717, 1.165) is 24.5 Å². The maximum atomic E-state index is 12.1. The fourth-order valence-corrected chi connectivity index (χ4v) is 2.48. The van der Waals surface area contributed by atoms with Gasteiger partial charge in [-0.3, -0.25) is 0 Å². The number of amides is 2. The highest BCUT2D eigenvalue weighted by Crippen LogP contribution is 2.28. The molecule has 1 aromatic carbocycles. The minimum atomic E-state index is -0.0953. The first kappa shape index (κ1) is 17.4. The summed E-state index contributed by atoms with van der Waals surface area (Å²) in [5.74, 6) is 0.858. The minimum absolute atomic E-state index is 0.0953. The minimum Gasteiger partial charge on any atom is -0.495 e. The SMILES string of the molecule is COCCOCNC(=O)N1CCN(c2ccccc2OC)CC1. The van der Waals surface area contributed by atoms with Gasteiger partial charge in [-0.15, -0.1) is 0 Å². The molecule has 23 heavy (non-hydrogen) atoms. The molecule has 1 aliphatic heterocycles. The van der Waals surface area contributed by atoms with Crippen molar-refractivity contribution in [3.63, 3.8) is 0 Å². The van der Waals surface area contributed by atoms with Gasteiger partial charge in [0.15, 0.2) is 0 Å². The molecule has 0 atom stereocenters. The third kappa shape index (κ3) is 5.01. The van der Waals surface area contributed by atoms with E-state index in [4.69, 9.17) is 14.2 Å². The van der Waals surface area contributed by atoms with Crippen LogP contribution in [-0.4, -0.2) is 71.3 Å². The van der Waals surface area contributed by atoms with Gasteiger partial charge < -0.3 is 29.3 Å². The molecule has 1 heterocycles. The second kappa shape index (κ2) is 9.22. The average molecular weight is 323 g/mol. The van der Waals surface area contributed by atoms with Gasteiger partial charge in [-0.2, -0.15) is 0 Å². The van der Waals surface area contributed by atoms with E-state index in [1.54, 1.807) is 19.1 Å². The summed E-state index contributed by atoms with van der Waals surface area (Å²) < 4.78 is 15.5. The molecular formula is C16H25N3O4. The van der Waals surface area contributed by atoms with E-state index >= 15 is 0 Å². The molecule has 0 unspecified atom stereocenters. The number of ether oxygens (including phenoxy) is 3.